The van der Waals surface area contributed by atoms with Gasteiger partial charge in [0, 0.05) is 36.3 Å². The van der Waals surface area contributed by atoms with E-state index in [2.05, 4.69) is 101 Å². The molecule has 1 aliphatic heterocycles. The summed E-state index contributed by atoms with van der Waals surface area (Å²) in [6, 6.07) is 31.5. The van der Waals surface area contributed by atoms with Crippen molar-refractivity contribution < 1.29 is 9.67 Å². The van der Waals surface area contributed by atoms with E-state index in [1.807, 2.05) is 24.3 Å². The highest BCUT2D eigenvalue weighted by Crippen LogP contribution is 2.30. The molecule has 3 heteroatoms. The Kier molecular flexibility index (Phi) is 7.58. The minimum absolute atomic E-state index is 0.368. The van der Waals surface area contributed by atoms with Crippen molar-refractivity contribution in [3.05, 3.63) is 133 Å². The monoisotopic (exact) mass is 475 g/mol. The van der Waals surface area contributed by atoms with Crippen molar-refractivity contribution in [1.82, 2.24) is 4.90 Å². The molecule has 3 nitrogen and oxygen atoms in total. The number of rotatable bonds is 8. The molecule has 1 aliphatic rings. The highest BCUT2D eigenvalue weighted by molar-refractivity contribution is 5.87. The average Bonchev–Trinajstić information content (AvgIpc) is 2.93. The molecule has 0 aliphatic carbocycles. The molecule has 1 saturated heterocycles. The molecule has 0 radical (unpaired) electrons. The van der Waals surface area contributed by atoms with Crippen LogP contribution < -0.4 is 4.57 Å². The predicted molar refractivity (Wildman–Crippen MR) is 148 cm³/mol. The summed E-state index contributed by atoms with van der Waals surface area (Å²) in [4.78, 5) is 2.53. The number of pyridine rings is 1. The van der Waals surface area contributed by atoms with Crippen LogP contribution in [0.2, 0.25) is 0 Å². The van der Waals surface area contributed by atoms with Crippen LogP contribution in [0.1, 0.15) is 29.5 Å². The number of fused-ring (bicyclic) bond motifs is 1. The van der Waals surface area contributed by atoms with Crippen molar-refractivity contribution in [3.63, 3.8) is 0 Å². The Morgan fingerprint density at radius 2 is 1.61 bits per heavy atom. The molecular formula is C33H35N2O+. The van der Waals surface area contributed by atoms with Crippen LogP contribution in [0.3, 0.4) is 0 Å². The number of benzene rings is 3. The summed E-state index contributed by atoms with van der Waals surface area (Å²) in [6.07, 6.45) is 8.19. The van der Waals surface area contributed by atoms with Gasteiger partial charge in [0.2, 0.25) is 5.52 Å². The Bertz CT molecular complexity index is 1330. The third kappa shape index (κ3) is 5.58. The van der Waals surface area contributed by atoms with Crippen molar-refractivity contribution in [2.75, 3.05) is 13.1 Å². The average molecular weight is 476 g/mol. The number of allylic oxidation sites excluding steroid dienone is 1. The predicted octanol–water partition coefficient (Wildman–Crippen LogP) is 6.79. The largest absolute Gasteiger partial charge is 0.508 e. The Hall–Kier alpha value is -3.69. The molecule has 0 amide bonds. The molecule has 0 unspecified atom stereocenters. The van der Waals surface area contributed by atoms with Gasteiger partial charge in [0.1, 0.15) is 5.76 Å². The fourth-order valence-electron chi connectivity index (χ4n) is 5.45. The number of aliphatic hydroxyl groups excluding tert-OH is 1. The van der Waals surface area contributed by atoms with Crippen LogP contribution in [0.15, 0.2) is 116 Å². The summed E-state index contributed by atoms with van der Waals surface area (Å²) < 4.78 is 2.25. The van der Waals surface area contributed by atoms with Crippen LogP contribution in [0.25, 0.3) is 16.7 Å². The number of nitrogens with zero attached hydrogens (tertiary/aromatic N) is 2. The number of aliphatic hydroxyl groups is 1. The van der Waals surface area contributed by atoms with E-state index in [0.717, 1.165) is 55.5 Å². The van der Waals surface area contributed by atoms with E-state index in [-0.39, 0.29) is 0 Å². The van der Waals surface area contributed by atoms with Crippen molar-refractivity contribution in [1.29, 1.82) is 0 Å². The standard InChI is InChI=1S/C33H34N2O/c1-2-28-25-34(23-26-11-5-3-6-12-26)21-19-29(28)17-18-33(36)31-20-22-35(24-27-13-7-4-8-14-27)32-16-10-9-15-30(31)32/h2-16,18,20,22,28-29H,1,17,19,21,23-25H2/p+1/b33-18-/t28-,29+/m0/s1. The molecule has 36 heavy (non-hydrogen) atoms. The van der Waals surface area contributed by atoms with E-state index in [1.54, 1.807) is 0 Å². The molecular weight excluding hydrogens is 440 g/mol. The molecule has 0 saturated carbocycles. The maximum atomic E-state index is 11.2. The summed E-state index contributed by atoms with van der Waals surface area (Å²) in [5, 5.41) is 12.2. The Morgan fingerprint density at radius 1 is 0.917 bits per heavy atom. The maximum absolute atomic E-state index is 11.2. The van der Waals surface area contributed by atoms with Crippen LogP contribution in [0.5, 0.6) is 0 Å². The smallest absolute Gasteiger partial charge is 0.213 e. The molecule has 4 aromatic rings. The second-order valence-corrected chi connectivity index (χ2v) is 9.85. The Morgan fingerprint density at radius 3 is 2.36 bits per heavy atom. The zero-order valence-corrected chi connectivity index (χ0v) is 20.8. The molecule has 1 N–H and O–H groups in total. The molecule has 0 spiro atoms. The summed E-state index contributed by atoms with van der Waals surface area (Å²) >= 11 is 0. The number of para-hydroxylation sites is 1. The Labute approximate surface area is 214 Å². The number of hydrogen-bond acceptors (Lipinski definition) is 2. The van der Waals surface area contributed by atoms with Crippen molar-refractivity contribution in [2.45, 2.75) is 25.9 Å². The molecule has 1 fully saturated rings. The second-order valence-electron chi connectivity index (χ2n) is 9.85. The maximum Gasteiger partial charge on any atom is 0.213 e. The van der Waals surface area contributed by atoms with Gasteiger partial charge in [-0.1, -0.05) is 78.9 Å². The summed E-state index contributed by atoms with van der Waals surface area (Å²) in [7, 11) is 0. The third-order valence-corrected chi connectivity index (χ3v) is 7.45. The topological polar surface area (TPSA) is 27.3 Å². The molecule has 182 valence electrons. The SMILES string of the molecule is C=C[C@H]1CN(Cc2ccccc2)CC[C@H]1C/C=C(\O)c1cc[n+](Cc2ccccc2)c2ccccc12. The Balaban J connectivity index is 1.30. The van der Waals surface area contributed by atoms with Crippen LogP contribution in [0, 0.1) is 11.8 Å². The highest BCUT2D eigenvalue weighted by Gasteiger charge is 2.27. The molecule has 3 aromatic carbocycles. The van der Waals surface area contributed by atoms with E-state index in [1.165, 1.54) is 11.1 Å². The first-order chi connectivity index (χ1) is 17.7. The zero-order valence-electron chi connectivity index (χ0n) is 20.8. The first-order valence-corrected chi connectivity index (χ1v) is 12.9. The van der Waals surface area contributed by atoms with Crippen LogP contribution in [-0.2, 0) is 13.1 Å². The van der Waals surface area contributed by atoms with Gasteiger partial charge in [-0.15, -0.1) is 6.58 Å². The van der Waals surface area contributed by atoms with Gasteiger partial charge < -0.3 is 5.11 Å². The van der Waals surface area contributed by atoms with Crippen molar-refractivity contribution in [3.8, 4) is 0 Å². The summed E-state index contributed by atoms with van der Waals surface area (Å²) in [5.41, 5.74) is 4.63. The van der Waals surface area contributed by atoms with E-state index < -0.39 is 0 Å². The highest BCUT2D eigenvalue weighted by atomic mass is 16.3. The van der Waals surface area contributed by atoms with Gasteiger partial charge >= 0.3 is 0 Å². The number of aromatic nitrogens is 1. The van der Waals surface area contributed by atoms with Gasteiger partial charge in [0.25, 0.3) is 0 Å². The lowest BCUT2D eigenvalue weighted by Crippen LogP contribution is -2.39. The van der Waals surface area contributed by atoms with E-state index >= 15 is 0 Å². The van der Waals surface area contributed by atoms with Gasteiger partial charge in [-0.05, 0) is 48.9 Å². The van der Waals surface area contributed by atoms with Crippen LogP contribution >= 0.6 is 0 Å². The van der Waals surface area contributed by atoms with Crippen molar-refractivity contribution in [2.24, 2.45) is 11.8 Å². The number of likely N-dealkylation sites (tertiary alicyclic amines) is 1. The fraction of sp³-hybridized carbons (Fsp3) is 0.242. The van der Waals surface area contributed by atoms with Gasteiger partial charge in [-0.25, -0.2) is 0 Å². The van der Waals surface area contributed by atoms with E-state index in [0.29, 0.717) is 17.6 Å². The molecule has 5 rings (SSSR count). The van der Waals surface area contributed by atoms with Crippen LogP contribution in [-0.4, -0.2) is 23.1 Å². The summed E-state index contributed by atoms with van der Waals surface area (Å²) in [5.74, 6) is 1.29. The third-order valence-electron chi connectivity index (χ3n) is 7.45. The van der Waals surface area contributed by atoms with E-state index in [9.17, 15) is 5.11 Å². The first kappa shape index (κ1) is 24.0. The fourth-order valence-corrected chi connectivity index (χ4v) is 5.45. The van der Waals surface area contributed by atoms with Gasteiger partial charge in [-0.3, -0.25) is 4.90 Å². The van der Waals surface area contributed by atoms with E-state index in [4.69, 9.17) is 0 Å². The zero-order chi connectivity index (χ0) is 24.7. The molecule has 1 aromatic heterocycles. The normalized spacial score (nSPS) is 18.8. The van der Waals surface area contributed by atoms with Crippen LogP contribution in [0.4, 0.5) is 0 Å². The molecule has 2 atom stereocenters. The second kappa shape index (κ2) is 11.4. The first-order valence-electron chi connectivity index (χ1n) is 12.9. The lowest BCUT2D eigenvalue weighted by molar-refractivity contribution is -0.662. The lowest BCUT2D eigenvalue weighted by atomic mass is 9.82. The minimum atomic E-state index is 0.368. The molecule has 0 bridgehead atoms. The lowest BCUT2D eigenvalue weighted by Gasteiger charge is -2.37. The van der Waals surface area contributed by atoms with Crippen molar-refractivity contribution >= 4 is 16.7 Å². The van der Waals surface area contributed by atoms with Gasteiger partial charge in [0.05, 0.1) is 5.39 Å². The quantitative estimate of drug-likeness (QED) is 0.173. The van der Waals surface area contributed by atoms with Gasteiger partial charge in [-0.2, -0.15) is 4.57 Å². The number of hydrogen-bond donors (Lipinski definition) is 1. The minimum Gasteiger partial charge on any atom is -0.508 e. The van der Waals surface area contributed by atoms with Gasteiger partial charge in [0.15, 0.2) is 12.7 Å². The summed E-state index contributed by atoms with van der Waals surface area (Å²) in [6.45, 7) is 8.01. The molecule has 2 heterocycles. The number of piperidine rings is 1.